The van der Waals surface area contributed by atoms with Gasteiger partial charge in [0, 0.05) is 27.9 Å². The summed E-state index contributed by atoms with van der Waals surface area (Å²) < 4.78 is 14.7. The number of hydrogen-bond donors (Lipinski definition) is 0. The second kappa shape index (κ2) is 8.07. The van der Waals surface area contributed by atoms with Gasteiger partial charge in [0.15, 0.2) is 0 Å². The Morgan fingerprint density at radius 1 is 0.793 bits per heavy atom. The van der Waals surface area contributed by atoms with Crippen molar-refractivity contribution in [1.82, 2.24) is 15.2 Å². The topological polar surface area (TPSA) is 38.7 Å². The van der Waals surface area contributed by atoms with Gasteiger partial charge in [0.1, 0.15) is 11.5 Å². The van der Waals surface area contributed by atoms with Gasteiger partial charge in [-0.15, -0.1) is 5.10 Å². The number of nitrogens with zero attached hydrogens (tertiary/aromatic N) is 3. The average molecular weight is 445 g/mol. The van der Waals surface area contributed by atoms with Gasteiger partial charge < -0.3 is 0 Å². The summed E-state index contributed by atoms with van der Waals surface area (Å²) in [5, 5.41) is 9.96. The average Bonchev–Trinajstić information content (AvgIpc) is 2.70. The molecule has 3 nitrogen and oxygen atoms in total. The first kappa shape index (κ1) is 19.8. The number of halogens is 4. The molecule has 29 heavy (non-hydrogen) atoms. The van der Waals surface area contributed by atoms with Crippen LogP contribution in [0, 0.1) is 12.7 Å². The van der Waals surface area contributed by atoms with E-state index in [1.54, 1.807) is 43.3 Å². The van der Waals surface area contributed by atoms with Crippen molar-refractivity contribution < 1.29 is 4.39 Å². The van der Waals surface area contributed by atoms with Crippen LogP contribution < -0.4 is 0 Å². The molecule has 144 valence electrons. The van der Waals surface area contributed by atoms with Gasteiger partial charge in [-0.05, 0) is 42.8 Å². The van der Waals surface area contributed by atoms with Crippen LogP contribution in [-0.4, -0.2) is 15.2 Å². The van der Waals surface area contributed by atoms with Crippen LogP contribution >= 0.6 is 34.8 Å². The summed E-state index contributed by atoms with van der Waals surface area (Å²) in [6.07, 6.45) is 1.51. The molecular weight excluding hydrogens is 432 g/mol. The van der Waals surface area contributed by atoms with Crippen molar-refractivity contribution in [2.45, 2.75) is 6.92 Å². The Balaban J connectivity index is 2.11. The minimum absolute atomic E-state index is 0.330. The molecule has 0 aliphatic rings. The van der Waals surface area contributed by atoms with Crippen LogP contribution in [0.2, 0.25) is 15.1 Å². The van der Waals surface area contributed by atoms with Crippen molar-refractivity contribution in [3.63, 3.8) is 0 Å². The summed E-state index contributed by atoms with van der Waals surface area (Å²) >= 11 is 18.6. The summed E-state index contributed by atoms with van der Waals surface area (Å²) in [5.74, 6) is -0.401. The van der Waals surface area contributed by atoms with E-state index >= 15 is 0 Å². The van der Waals surface area contributed by atoms with Crippen LogP contribution in [0.1, 0.15) is 5.69 Å². The van der Waals surface area contributed by atoms with Gasteiger partial charge in [0.05, 0.1) is 21.4 Å². The minimum Gasteiger partial charge on any atom is -0.253 e. The largest absolute Gasteiger partial charge is 0.253 e. The van der Waals surface area contributed by atoms with Crippen molar-refractivity contribution in [1.29, 1.82) is 0 Å². The number of aryl methyl sites for hydroxylation is 1. The van der Waals surface area contributed by atoms with Gasteiger partial charge in [-0.1, -0.05) is 59.1 Å². The molecule has 0 saturated heterocycles. The molecule has 2 heterocycles. The summed E-state index contributed by atoms with van der Waals surface area (Å²) in [6, 6.07) is 15.2. The Morgan fingerprint density at radius 2 is 1.52 bits per heavy atom. The van der Waals surface area contributed by atoms with E-state index < -0.39 is 5.82 Å². The molecule has 0 aliphatic heterocycles. The molecule has 0 N–H and O–H groups in total. The molecule has 0 aliphatic carbocycles. The summed E-state index contributed by atoms with van der Waals surface area (Å²) in [6.45, 7) is 1.81. The van der Waals surface area contributed by atoms with Crippen LogP contribution in [0.15, 0.2) is 60.8 Å². The van der Waals surface area contributed by atoms with E-state index in [1.807, 2.05) is 12.1 Å². The smallest absolute Gasteiger partial charge is 0.132 e. The van der Waals surface area contributed by atoms with Crippen LogP contribution in [0.4, 0.5) is 4.39 Å². The molecular formula is C22H13Cl3FN3. The third kappa shape index (κ3) is 3.84. The van der Waals surface area contributed by atoms with Crippen molar-refractivity contribution in [3.05, 3.63) is 87.4 Å². The molecule has 2 aromatic heterocycles. The van der Waals surface area contributed by atoms with Crippen molar-refractivity contribution in [2.24, 2.45) is 0 Å². The monoisotopic (exact) mass is 443 g/mol. The quantitative estimate of drug-likeness (QED) is 0.333. The molecule has 0 radical (unpaired) electrons. The van der Waals surface area contributed by atoms with Gasteiger partial charge >= 0.3 is 0 Å². The van der Waals surface area contributed by atoms with Crippen LogP contribution in [0.5, 0.6) is 0 Å². The van der Waals surface area contributed by atoms with E-state index in [1.165, 1.54) is 12.3 Å². The van der Waals surface area contributed by atoms with Crippen molar-refractivity contribution in [2.75, 3.05) is 0 Å². The normalized spacial score (nSPS) is 10.9. The second-order valence-electron chi connectivity index (χ2n) is 6.35. The van der Waals surface area contributed by atoms with E-state index in [2.05, 4.69) is 15.2 Å². The van der Waals surface area contributed by atoms with Crippen molar-refractivity contribution >= 4 is 34.8 Å². The number of hydrogen-bond acceptors (Lipinski definition) is 3. The molecule has 2 aromatic carbocycles. The summed E-state index contributed by atoms with van der Waals surface area (Å²) in [5.41, 5.74) is 3.92. The van der Waals surface area contributed by atoms with Gasteiger partial charge in [-0.2, -0.15) is 5.10 Å². The van der Waals surface area contributed by atoms with Gasteiger partial charge in [0.25, 0.3) is 0 Å². The molecule has 7 heteroatoms. The SMILES string of the molecule is Cc1nnc(-c2ccccc2F)c(-c2ccc(Cl)cc2)c1-c1ncc(Cl)cc1Cl. The van der Waals surface area contributed by atoms with E-state index in [-0.39, 0.29) is 0 Å². The van der Waals surface area contributed by atoms with E-state index in [0.717, 1.165) is 5.56 Å². The zero-order valence-corrected chi connectivity index (χ0v) is 17.4. The number of benzene rings is 2. The molecule has 0 unspecified atom stereocenters. The molecule has 0 saturated carbocycles. The predicted octanol–water partition coefficient (Wildman–Crippen LogP) is 7.28. The number of pyridine rings is 1. The first-order chi connectivity index (χ1) is 14.0. The minimum atomic E-state index is -0.401. The number of rotatable bonds is 3. The highest BCUT2D eigenvalue weighted by Gasteiger charge is 2.23. The molecule has 0 spiro atoms. The lowest BCUT2D eigenvalue weighted by Crippen LogP contribution is -2.02. The molecule has 0 amide bonds. The fourth-order valence-corrected chi connectivity index (χ4v) is 3.75. The predicted molar refractivity (Wildman–Crippen MR) is 116 cm³/mol. The van der Waals surface area contributed by atoms with Gasteiger partial charge in [0.2, 0.25) is 0 Å². The van der Waals surface area contributed by atoms with E-state index in [9.17, 15) is 4.39 Å². The van der Waals surface area contributed by atoms with Crippen molar-refractivity contribution in [3.8, 4) is 33.6 Å². The zero-order chi connectivity index (χ0) is 20.5. The maximum Gasteiger partial charge on any atom is 0.132 e. The molecule has 0 bridgehead atoms. The lowest BCUT2D eigenvalue weighted by Gasteiger charge is -2.17. The van der Waals surface area contributed by atoms with E-state index in [0.29, 0.717) is 48.8 Å². The van der Waals surface area contributed by atoms with Crippen LogP contribution in [0.25, 0.3) is 33.6 Å². The Kier molecular flexibility index (Phi) is 5.50. The van der Waals surface area contributed by atoms with Crippen LogP contribution in [0.3, 0.4) is 0 Å². The van der Waals surface area contributed by atoms with E-state index in [4.69, 9.17) is 34.8 Å². The Labute approximate surface area is 182 Å². The maximum absolute atomic E-state index is 14.7. The highest BCUT2D eigenvalue weighted by Crippen LogP contribution is 2.42. The fraction of sp³-hybridized carbons (Fsp3) is 0.0455. The summed E-state index contributed by atoms with van der Waals surface area (Å²) in [7, 11) is 0. The molecule has 4 aromatic rings. The second-order valence-corrected chi connectivity index (χ2v) is 7.63. The molecule has 0 fully saturated rings. The molecule has 4 rings (SSSR count). The third-order valence-electron chi connectivity index (χ3n) is 4.46. The fourth-order valence-electron chi connectivity index (χ4n) is 3.15. The van der Waals surface area contributed by atoms with Gasteiger partial charge in [-0.3, -0.25) is 4.98 Å². The first-order valence-electron chi connectivity index (χ1n) is 8.65. The van der Waals surface area contributed by atoms with Crippen LogP contribution in [-0.2, 0) is 0 Å². The highest BCUT2D eigenvalue weighted by atomic mass is 35.5. The maximum atomic E-state index is 14.7. The highest BCUT2D eigenvalue weighted by molar-refractivity contribution is 6.36. The zero-order valence-electron chi connectivity index (χ0n) is 15.1. The summed E-state index contributed by atoms with van der Waals surface area (Å²) in [4.78, 5) is 4.42. The van der Waals surface area contributed by atoms with Gasteiger partial charge in [-0.25, -0.2) is 4.39 Å². The molecule has 0 atom stereocenters. The Morgan fingerprint density at radius 3 is 2.21 bits per heavy atom. The Hall–Kier alpha value is -2.53. The lowest BCUT2D eigenvalue weighted by molar-refractivity contribution is 0.630. The number of aromatic nitrogens is 3. The standard InChI is InChI=1S/C22H13Cl3FN3/c1-12-19(22-17(25)10-15(24)11-27-22)20(13-6-8-14(23)9-7-13)21(29-28-12)16-4-2-3-5-18(16)26/h2-11H,1H3. The third-order valence-corrected chi connectivity index (χ3v) is 5.20. The lowest BCUT2D eigenvalue weighted by atomic mass is 9.92. The Bertz CT molecular complexity index is 1210. The first-order valence-corrected chi connectivity index (χ1v) is 9.78.